The lowest BCUT2D eigenvalue weighted by Crippen LogP contribution is -2.45. The van der Waals surface area contributed by atoms with Crippen molar-refractivity contribution in [2.45, 2.75) is 38.8 Å². The minimum Gasteiger partial charge on any atom is -0.507 e. The Hall–Kier alpha value is -3.00. The molecule has 0 saturated carbocycles. The van der Waals surface area contributed by atoms with Gasteiger partial charge in [0.1, 0.15) is 11.4 Å². The second kappa shape index (κ2) is 7.20. The molecule has 0 amide bonds. The minimum atomic E-state index is 0.0871. The summed E-state index contributed by atoms with van der Waals surface area (Å²) in [4.78, 5) is 6.62. The summed E-state index contributed by atoms with van der Waals surface area (Å²) in [6, 6.07) is 5.85. The number of H-pyrrole nitrogens is 1. The van der Waals surface area contributed by atoms with Crippen molar-refractivity contribution in [2.24, 2.45) is 0 Å². The van der Waals surface area contributed by atoms with Crippen LogP contribution in [-0.2, 0) is 0 Å². The van der Waals surface area contributed by atoms with E-state index in [0.29, 0.717) is 23.2 Å². The molecule has 0 spiro atoms. The van der Waals surface area contributed by atoms with Gasteiger partial charge in [-0.3, -0.25) is 5.10 Å². The molecular weight excluding hydrogens is 354 g/mol. The highest BCUT2D eigenvalue weighted by atomic mass is 16.3. The number of aromatic nitrogens is 5. The molecule has 1 aliphatic rings. The van der Waals surface area contributed by atoms with Crippen molar-refractivity contribution in [1.82, 2.24) is 30.7 Å². The molecule has 3 heterocycles. The second-order valence-corrected chi connectivity index (χ2v) is 8.19. The van der Waals surface area contributed by atoms with Crippen LogP contribution in [0.5, 0.6) is 5.75 Å². The van der Waals surface area contributed by atoms with Gasteiger partial charge >= 0.3 is 0 Å². The molecule has 0 bridgehead atoms. The monoisotopic (exact) mass is 379 g/mol. The minimum absolute atomic E-state index is 0.0871. The maximum Gasteiger partial charge on any atom is 0.245 e. The average Bonchev–Trinajstić information content (AvgIpc) is 3.32. The van der Waals surface area contributed by atoms with Crippen molar-refractivity contribution in [3.63, 3.8) is 0 Å². The van der Waals surface area contributed by atoms with E-state index in [1.807, 2.05) is 12.1 Å². The van der Waals surface area contributed by atoms with Crippen LogP contribution in [0.15, 0.2) is 36.8 Å². The molecule has 3 N–H and O–H groups in total. The molecule has 28 heavy (non-hydrogen) atoms. The molecule has 1 saturated heterocycles. The lowest BCUT2D eigenvalue weighted by atomic mass is 10.0. The zero-order valence-electron chi connectivity index (χ0n) is 16.3. The summed E-state index contributed by atoms with van der Waals surface area (Å²) in [5.74, 6) is 0.759. The van der Waals surface area contributed by atoms with Crippen molar-refractivity contribution >= 4 is 5.95 Å². The smallest absolute Gasteiger partial charge is 0.245 e. The highest BCUT2D eigenvalue weighted by Crippen LogP contribution is 2.32. The number of nitrogens with zero attached hydrogens (tertiary/aromatic N) is 5. The number of phenols is 1. The van der Waals surface area contributed by atoms with Gasteiger partial charge in [0.2, 0.25) is 5.95 Å². The first-order valence-corrected chi connectivity index (χ1v) is 9.44. The average molecular weight is 379 g/mol. The number of anilines is 1. The van der Waals surface area contributed by atoms with Crippen molar-refractivity contribution in [2.75, 3.05) is 18.0 Å². The van der Waals surface area contributed by atoms with Gasteiger partial charge in [0.05, 0.1) is 12.4 Å². The van der Waals surface area contributed by atoms with Crippen LogP contribution in [0.2, 0.25) is 0 Å². The summed E-state index contributed by atoms with van der Waals surface area (Å²) in [6.45, 7) is 8.29. The van der Waals surface area contributed by atoms with Gasteiger partial charge in [-0.1, -0.05) is 6.07 Å². The lowest BCUT2D eigenvalue weighted by Gasteiger charge is -2.25. The predicted molar refractivity (Wildman–Crippen MR) is 108 cm³/mol. The highest BCUT2D eigenvalue weighted by molar-refractivity contribution is 5.73. The quantitative estimate of drug-likeness (QED) is 0.640. The number of aromatic hydroxyl groups is 1. The van der Waals surface area contributed by atoms with Crippen molar-refractivity contribution < 1.29 is 5.11 Å². The van der Waals surface area contributed by atoms with E-state index in [1.165, 1.54) is 0 Å². The molecule has 4 rings (SSSR count). The molecule has 1 aromatic carbocycles. The molecular formula is C20H25N7O. The molecule has 0 radical (unpaired) electrons. The first-order valence-electron chi connectivity index (χ1n) is 9.44. The standard InChI is InChI=1S/C20H25N7O/c1-20(2,3)24-15-6-7-27(12-15)19-21-11-17(25-26-19)16-5-4-13(8-18(16)28)14-9-22-23-10-14/h4-5,8-11,15,24,28H,6-7,12H2,1-3H3,(H,22,23). The van der Waals surface area contributed by atoms with Gasteiger partial charge in [0.15, 0.2) is 0 Å². The number of phenolic OH excluding ortho intramolecular Hbond substituents is 1. The fourth-order valence-electron chi connectivity index (χ4n) is 3.55. The molecule has 3 aromatic rings. The van der Waals surface area contributed by atoms with Crippen LogP contribution < -0.4 is 10.2 Å². The highest BCUT2D eigenvalue weighted by Gasteiger charge is 2.27. The van der Waals surface area contributed by atoms with Gasteiger partial charge in [0.25, 0.3) is 0 Å². The summed E-state index contributed by atoms with van der Waals surface area (Å²) < 4.78 is 0. The van der Waals surface area contributed by atoms with Crippen LogP contribution in [0.25, 0.3) is 22.4 Å². The van der Waals surface area contributed by atoms with Gasteiger partial charge < -0.3 is 15.3 Å². The Kier molecular flexibility index (Phi) is 4.72. The number of hydrogen-bond acceptors (Lipinski definition) is 7. The fourth-order valence-corrected chi connectivity index (χ4v) is 3.55. The topological polar surface area (TPSA) is 103 Å². The Labute approximate surface area is 164 Å². The number of nitrogens with one attached hydrogen (secondary N) is 2. The molecule has 0 aliphatic carbocycles. The summed E-state index contributed by atoms with van der Waals surface area (Å²) in [6.07, 6.45) is 6.21. The maximum absolute atomic E-state index is 10.4. The Morgan fingerprint density at radius 2 is 2.04 bits per heavy atom. The van der Waals surface area contributed by atoms with Gasteiger partial charge in [0, 0.05) is 42.0 Å². The van der Waals surface area contributed by atoms with Crippen LogP contribution in [0.4, 0.5) is 5.95 Å². The van der Waals surface area contributed by atoms with Crippen molar-refractivity contribution in [1.29, 1.82) is 0 Å². The van der Waals surface area contributed by atoms with Crippen LogP contribution in [0.1, 0.15) is 27.2 Å². The van der Waals surface area contributed by atoms with Crippen LogP contribution in [-0.4, -0.2) is 55.2 Å². The molecule has 1 fully saturated rings. The van der Waals surface area contributed by atoms with Gasteiger partial charge in [-0.2, -0.15) is 5.10 Å². The lowest BCUT2D eigenvalue weighted by molar-refractivity contribution is 0.373. The SMILES string of the molecule is CC(C)(C)NC1CCN(c2ncc(-c3ccc(-c4cn[nH]c4)cc3O)nn2)C1. The Balaban J connectivity index is 1.48. The Morgan fingerprint density at radius 1 is 1.18 bits per heavy atom. The molecule has 1 aliphatic heterocycles. The Bertz CT molecular complexity index is 932. The molecule has 8 heteroatoms. The summed E-state index contributed by atoms with van der Waals surface area (Å²) >= 11 is 0. The molecule has 146 valence electrons. The second-order valence-electron chi connectivity index (χ2n) is 8.19. The summed E-state index contributed by atoms with van der Waals surface area (Å²) in [5.41, 5.74) is 3.02. The zero-order chi connectivity index (χ0) is 19.7. The van der Waals surface area contributed by atoms with Gasteiger partial charge in [-0.15, -0.1) is 10.2 Å². The number of aromatic amines is 1. The first kappa shape index (κ1) is 18.4. The molecule has 1 atom stereocenters. The van der Waals surface area contributed by atoms with E-state index in [4.69, 9.17) is 0 Å². The number of rotatable bonds is 4. The third-order valence-corrected chi connectivity index (χ3v) is 4.76. The zero-order valence-corrected chi connectivity index (χ0v) is 16.3. The van der Waals surface area contributed by atoms with E-state index in [9.17, 15) is 5.11 Å². The molecule has 8 nitrogen and oxygen atoms in total. The van der Waals surface area contributed by atoms with E-state index in [1.54, 1.807) is 24.7 Å². The number of hydrogen-bond donors (Lipinski definition) is 3. The van der Waals surface area contributed by atoms with E-state index in [2.05, 4.69) is 56.4 Å². The first-order chi connectivity index (χ1) is 13.4. The molecule has 1 unspecified atom stereocenters. The van der Waals surface area contributed by atoms with Crippen LogP contribution in [0, 0.1) is 0 Å². The largest absolute Gasteiger partial charge is 0.507 e. The van der Waals surface area contributed by atoms with E-state index in [0.717, 1.165) is 30.6 Å². The van der Waals surface area contributed by atoms with E-state index in [-0.39, 0.29) is 11.3 Å². The molecule has 2 aromatic heterocycles. The third-order valence-electron chi connectivity index (χ3n) is 4.76. The van der Waals surface area contributed by atoms with Gasteiger partial charge in [-0.25, -0.2) is 4.98 Å². The van der Waals surface area contributed by atoms with E-state index >= 15 is 0 Å². The summed E-state index contributed by atoms with van der Waals surface area (Å²) in [5, 5.41) is 29.3. The predicted octanol–water partition coefficient (Wildman–Crippen LogP) is 2.60. The van der Waals surface area contributed by atoms with Crippen LogP contribution in [0.3, 0.4) is 0 Å². The maximum atomic E-state index is 10.4. The van der Waals surface area contributed by atoms with Crippen molar-refractivity contribution in [3.8, 4) is 28.1 Å². The van der Waals surface area contributed by atoms with Gasteiger partial charge in [-0.05, 0) is 44.9 Å². The van der Waals surface area contributed by atoms with Crippen molar-refractivity contribution in [3.05, 3.63) is 36.8 Å². The summed E-state index contributed by atoms with van der Waals surface area (Å²) in [7, 11) is 0. The van der Waals surface area contributed by atoms with Crippen LogP contribution >= 0.6 is 0 Å². The fraction of sp³-hybridized carbons (Fsp3) is 0.400. The number of benzene rings is 1. The normalized spacial score (nSPS) is 17.2. The Morgan fingerprint density at radius 3 is 2.68 bits per heavy atom. The third kappa shape index (κ3) is 3.96. The van der Waals surface area contributed by atoms with E-state index < -0.39 is 0 Å².